The van der Waals surface area contributed by atoms with Crippen LogP contribution in [-0.4, -0.2) is 54.2 Å². The molecule has 0 saturated carbocycles. The van der Waals surface area contributed by atoms with E-state index in [1.807, 2.05) is 55.7 Å². The number of pyridine rings is 4. The molecule has 6 aromatic heterocycles. The molecule has 0 aliphatic rings. The fourth-order valence-electron chi connectivity index (χ4n) is 3.84. The maximum absolute atomic E-state index is 4.86. The van der Waals surface area contributed by atoms with Crippen molar-refractivity contribution in [2.75, 3.05) is 19.0 Å². The van der Waals surface area contributed by atoms with Crippen LogP contribution >= 0.6 is 0 Å². The average molecular weight is 433 g/mol. The first-order valence-electron chi connectivity index (χ1n) is 10.4. The summed E-state index contributed by atoms with van der Waals surface area (Å²) in [6.07, 6.45) is 10.7. The minimum Gasteiger partial charge on any atom is -0.376 e. The third-order valence-corrected chi connectivity index (χ3v) is 5.56. The molecule has 6 rings (SSSR count). The number of anilines is 1. The molecule has 0 aliphatic heterocycles. The minimum absolute atomic E-state index is 0.664. The lowest BCUT2D eigenvalue weighted by atomic mass is 10.1. The third-order valence-electron chi connectivity index (χ3n) is 5.56. The molecule has 6 aromatic rings. The molecule has 0 aliphatic carbocycles. The lowest BCUT2D eigenvalue weighted by Crippen LogP contribution is -2.08. The Bertz CT molecular complexity index is 1600. The standard InChI is InChI=1S/C24H19N9/c1-33(2)16-9-15(11-26-12-16)19-10-17-20(13-28-19)31-32-22(17)24-29-18-5-8-27-21(23(18)30-24)14-3-6-25-7-4-14/h3-13H,1-2H3,(H,29,30)(H,31,32). The largest absolute Gasteiger partial charge is 0.376 e. The lowest BCUT2D eigenvalue weighted by molar-refractivity contribution is 1.10. The van der Waals surface area contributed by atoms with Gasteiger partial charge in [0, 0.05) is 55.4 Å². The van der Waals surface area contributed by atoms with Gasteiger partial charge in [0.05, 0.1) is 40.5 Å². The molecule has 0 fully saturated rings. The predicted octanol–water partition coefficient (Wildman–Crippen LogP) is 4.09. The number of nitrogens with zero attached hydrogens (tertiary/aromatic N) is 7. The van der Waals surface area contributed by atoms with Crippen molar-refractivity contribution in [3.05, 3.63) is 67.5 Å². The Balaban J connectivity index is 1.48. The molecule has 0 unspecified atom stereocenters. The molecule has 33 heavy (non-hydrogen) atoms. The Morgan fingerprint density at radius 3 is 2.52 bits per heavy atom. The van der Waals surface area contributed by atoms with Gasteiger partial charge in [0.2, 0.25) is 0 Å². The van der Waals surface area contributed by atoms with Crippen molar-refractivity contribution >= 4 is 27.6 Å². The molecule has 0 saturated heterocycles. The molecule has 0 spiro atoms. The maximum Gasteiger partial charge on any atom is 0.159 e. The van der Waals surface area contributed by atoms with Crippen molar-refractivity contribution in [2.45, 2.75) is 0 Å². The first-order chi connectivity index (χ1) is 16.2. The highest BCUT2D eigenvalue weighted by Crippen LogP contribution is 2.31. The zero-order chi connectivity index (χ0) is 22.4. The second-order valence-electron chi connectivity index (χ2n) is 7.89. The van der Waals surface area contributed by atoms with E-state index in [9.17, 15) is 0 Å². The van der Waals surface area contributed by atoms with Gasteiger partial charge in [-0.25, -0.2) is 4.98 Å². The van der Waals surface area contributed by atoms with E-state index in [1.165, 1.54) is 0 Å². The van der Waals surface area contributed by atoms with Crippen molar-refractivity contribution in [2.24, 2.45) is 0 Å². The Hall–Kier alpha value is -4.66. The van der Waals surface area contributed by atoms with E-state index in [4.69, 9.17) is 4.98 Å². The van der Waals surface area contributed by atoms with Crippen molar-refractivity contribution in [3.8, 4) is 34.0 Å². The first kappa shape index (κ1) is 19.1. The van der Waals surface area contributed by atoms with Gasteiger partial charge in [-0.05, 0) is 30.3 Å². The zero-order valence-electron chi connectivity index (χ0n) is 18.0. The molecule has 2 N–H and O–H groups in total. The molecular formula is C24H19N9. The number of nitrogens with one attached hydrogen (secondary N) is 2. The van der Waals surface area contributed by atoms with Gasteiger partial charge in [-0.15, -0.1) is 0 Å². The van der Waals surface area contributed by atoms with Gasteiger partial charge in [0.15, 0.2) is 5.82 Å². The van der Waals surface area contributed by atoms with E-state index >= 15 is 0 Å². The molecule has 9 heteroatoms. The highest BCUT2D eigenvalue weighted by Gasteiger charge is 2.17. The topological polar surface area (TPSA) is 112 Å². The van der Waals surface area contributed by atoms with Crippen molar-refractivity contribution in [1.29, 1.82) is 0 Å². The summed E-state index contributed by atoms with van der Waals surface area (Å²) >= 11 is 0. The zero-order valence-corrected chi connectivity index (χ0v) is 18.0. The van der Waals surface area contributed by atoms with E-state index in [-0.39, 0.29) is 0 Å². The molecular weight excluding hydrogens is 414 g/mol. The van der Waals surface area contributed by atoms with Crippen LogP contribution in [0.25, 0.3) is 56.0 Å². The number of aromatic amines is 2. The van der Waals surface area contributed by atoms with Crippen LogP contribution in [0.2, 0.25) is 0 Å². The molecule has 160 valence electrons. The highest BCUT2D eigenvalue weighted by atomic mass is 15.1. The summed E-state index contributed by atoms with van der Waals surface area (Å²) in [5.74, 6) is 0.664. The normalized spacial score (nSPS) is 11.3. The summed E-state index contributed by atoms with van der Waals surface area (Å²) in [5, 5.41) is 8.52. The number of hydrogen-bond acceptors (Lipinski definition) is 7. The van der Waals surface area contributed by atoms with Crippen LogP contribution in [0.5, 0.6) is 0 Å². The molecule has 6 heterocycles. The summed E-state index contributed by atoms with van der Waals surface area (Å²) in [6.45, 7) is 0. The fraction of sp³-hybridized carbons (Fsp3) is 0.0833. The number of aromatic nitrogens is 8. The molecule has 0 radical (unpaired) electrons. The quantitative estimate of drug-likeness (QED) is 0.431. The van der Waals surface area contributed by atoms with Gasteiger partial charge >= 0.3 is 0 Å². The maximum atomic E-state index is 4.86. The number of fused-ring (bicyclic) bond motifs is 2. The van der Waals surface area contributed by atoms with Crippen LogP contribution in [0.15, 0.2) is 67.5 Å². The van der Waals surface area contributed by atoms with Gasteiger partial charge in [-0.1, -0.05) is 0 Å². The number of imidazole rings is 1. The molecule has 0 amide bonds. The van der Waals surface area contributed by atoms with Crippen molar-refractivity contribution < 1.29 is 0 Å². The monoisotopic (exact) mass is 433 g/mol. The summed E-state index contributed by atoms with van der Waals surface area (Å²) < 4.78 is 0. The molecule has 9 nitrogen and oxygen atoms in total. The summed E-state index contributed by atoms with van der Waals surface area (Å²) in [7, 11) is 3.98. The van der Waals surface area contributed by atoms with Crippen LogP contribution in [-0.2, 0) is 0 Å². The van der Waals surface area contributed by atoms with Crippen LogP contribution in [0.4, 0.5) is 5.69 Å². The van der Waals surface area contributed by atoms with E-state index in [0.717, 1.165) is 55.8 Å². The van der Waals surface area contributed by atoms with Crippen LogP contribution in [0.3, 0.4) is 0 Å². The fourth-order valence-corrected chi connectivity index (χ4v) is 3.84. The van der Waals surface area contributed by atoms with Gasteiger partial charge < -0.3 is 9.88 Å². The SMILES string of the molecule is CN(C)c1cncc(-c2cc3c(-c4nc5c(-c6ccncc6)nccc5[nH]4)n[nH]c3cn2)c1. The summed E-state index contributed by atoms with van der Waals surface area (Å²) in [5.41, 5.74) is 7.75. The number of rotatable bonds is 4. The van der Waals surface area contributed by atoms with Gasteiger partial charge in [-0.3, -0.25) is 25.0 Å². The smallest absolute Gasteiger partial charge is 0.159 e. The van der Waals surface area contributed by atoms with Crippen LogP contribution in [0, 0.1) is 0 Å². The van der Waals surface area contributed by atoms with E-state index in [0.29, 0.717) is 5.82 Å². The Kier molecular flexibility index (Phi) is 4.32. The van der Waals surface area contributed by atoms with E-state index < -0.39 is 0 Å². The second kappa shape index (κ2) is 7.49. The van der Waals surface area contributed by atoms with Gasteiger partial charge in [0.1, 0.15) is 11.2 Å². The lowest BCUT2D eigenvalue weighted by Gasteiger charge is -2.12. The first-order valence-corrected chi connectivity index (χ1v) is 10.4. The Morgan fingerprint density at radius 2 is 1.67 bits per heavy atom. The number of hydrogen-bond donors (Lipinski definition) is 2. The Labute approximate surface area is 188 Å². The number of H-pyrrole nitrogens is 2. The third kappa shape index (κ3) is 3.26. The molecule has 0 aromatic carbocycles. The van der Waals surface area contributed by atoms with Crippen molar-refractivity contribution in [3.63, 3.8) is 0 Å². The van der Waals surface area contributed by atoms with Crippen molar-refractivity contribution in [1.82, 2.24) is 40.1 Å². The van der Waals surface area contributed by atoms with E-state index in [1.54, 1.807) is 24.8 Å². The second-order valence-corrected chi connectivity index (χ2v) is 7.89. The summed E-state index contributed by atoms with van der Waals surface area (Å²) in [6, 6.07) is 9.84. The average Bonchev–Trinajstić information content (AvgIpc) is 3.48. The molecule has 0 bridgehead atoms. The summed E-state index contributed by atoms with van der Waals surface area (Å²) in [4.78, 5) is 27.9. The van der Waals surface area contributed by atoms with Crippen LogP contribution in [0.1, 0.15) is 0 Å². The molecule has 0 atom stereocenters. The highest BCUT2D eigenvalue weighted by molar-refractivity contribution is 5.96. The van der Waals surface area contributed by atoms with Gasteiger partial charge in [-0.2, -0.15) is 5.10 Å². The van der Waals surface area contributed by atoms with Crippen LogP contribution < -0.4 is 4.90 Å². The predicted molar refractivity (Wildman–Crippen MR) is 128 cm³/mol. The van der Waals surface area contributed by atoms with E-state index in [2.05, 4.69) is 41.2 Å². The Morgan fingerprint density at radius 1 is 0.788 bits per heavy atom. The van der Waals surface area contributed by atoms with Gasteiger partial charge in [0.25, 0.3) is 0 Å². The minimum atomic E-state index is 0.664.